The van der Waals surface area contributed by atoms with Gasteiger partial charge in [-0.05, 0) is 48.7 Å². The number of aryl methyl sites for hydroxylation is 1. The van der Waals surface area contributed by atoms with Crippen LogP contribution in [0.1, 0.15) is 16.7 Å². The molecular formula is C27H30N4O2. The molecule has 0 spiro atoms. The monoisotopic (exact) mass is 442 g/mol. The minimum absolute atomic E-state index is 0.0913. The quantitative estimate of drug-likeness (QED) is 0.655. The van der Waals surface area contributed by atoms with Crippen LogP contribution in [0, 0.1) is 12.8 Å². The molecule has 1 amide bonds. The number of pyridine rings is 1. The molecule has 2 aliphatic rings. The van der Waals surface area contributed by atoms with E-state index < -0.39 is 0 Å². The fraction of sp³-hybridized carbons (Fsp3) is 0.333. The number of hydrogen-bond acceptors (Lipinski definition) is 5. The summed E-state index contributed by atoms with van der Waals surface area (Å²) in [5.41, 5.74) is 5.88. The van der Waals surface area contributed by atoms with Crippen LogP contribution in [0.5, 0.6) is 5.75 Å². The molecule has 0 aliphatic carbocycles. The van der Waals surface area contributed by atoms with Gasteiger partial charge in [0.05, 0.1) is 19.1 Å². The zero-order valence-corrected chi connectivity index (χ0v) is 19.2. The number of methoxy groups -OCH3 is 1. The zero-order valence-electron chi connectivity index (χ0n) is 19.2. The zero-order chi connectivity index (χ0) is 22.8. The molecule has 33 heavy (non-hydrogen) atoms. The van der Waals surface area contributed by atoms with Gasteiger partial charge in [0.1, 0.15) is 5.75 Å². The fourth-order valence-corrected chi connectivity index (χ4v) is 5.02. The van der Waals surface area contributed by atoms with Crippen molar-refractivity contribution in [1.82, 2.24) is 10.3 Å². The van der Waals surface area contributed by atoms with Crippen molar-refractivity contribution >= 4 is 17.3 Å². The fourth-order valence-electron chi connectivity index (χ4n) is 5.02. The Labute approximate surface area is 195 Å². The number of fused-ring (bicyclic) bond motifs is 3. The van der Waals surface area contributed by atoms with Crippen LogP contribution in [0.4, 0.5) is 11.4 Å². The third-order valence-corrected chi connectivity index (χ3v) is 6.85. The standard InChI is InChI=1S/C27H30N4O2/c1-19-5-8-22(9-6-19)30-12-13-31-25-15-23(33-2)10-7-21(25)14-24(26(31)18-30)27(32)29-17-20-4-3-11-28-16-20/h3-11,15-16,24,26H,12-14,17-18H2,1-2H3,(H,29,32)/t24-,26+/m1/s1. The van der Waals surface area contributed by atoms with Crippen LogP contribution in [0.15, 0.2) is 67.0 Å². The number of nitrogens with one attached hydrogen (secondary N) is 1. The predicted octanol–water partition coefficient (Wildman–Crippen LogP) is 3.58. The number of aromatic nitrogens is 1. The molecule has 2 aliphatic heterocycles. The number of amides is 1. The van der Waals surface area contributed by atoms with Crippen molar-refractivity contribution in [3.05, 3.63) is 83.7 Å². The van der Waals surface area contributed by atoms with Gasteiger partial charge >= 0.3 is 0 Å². The summed E-state index contributed by atoms with van der Waals surface area (Å²) in [6.45, 7) is 5.19. The number of carbonyl (C=O) groups excluding carboxylic acids is 1. The number of benzene rings is 2. The molecule has 1 fully saturated rings. The first kappa shape index (κ1) is 21.3. The van der Waals surface area contributed by atoms with Gasteiger partial charge < -0.3 is 19.9 Å². The summed E-state index contributed by atoms with van der Waals surface area (Å²) in [7, 11) is 1.70. The van der Waals surface area contributed by atoms with Gasteiger partial charge in [0.15, 0.2) is 0 Å². The Morgan fingerprint density at radius 3 is 2.76 bits per heavy atom. The maximum absolute atomic E-state index is 13.4. The SMILES string of the molecule is COc1ccc2c(c1)N1CCN(c3ccc(C)cc3)C[C@H]1[C@H](C(=O)NCc1cccnc1)C2. The van der Waals surface area contributed by atoms with E-state index in [0.29, 0.717) is 6.54 Å². The molecule has 170 valence electrons. The van der Waals surface area contributed by atoms with Gasteiger partial charge in [-0.15, -0.1) is 0 Å². The Hall–Kier alpha value is -3.54. The summed E-state index contributed by atoms with van der Waals surface area (Å²) in [4.78, 5) is 22.4. The van der Waals surface area contributed by atoms with Crippen LogP contribution in [-0.4, -0.2) is 43.7 Å². The van der Waals surface area contributed by atoms with E-state index >= 15 is 0 Å². The minimum Gasteiger partial charge on any atom is -0.497 e. The lowest BCUT2D eigenvalue weighted by atomic mass is 9.83. The van der Waals surface area contributed by atoms with Gasteiger partial charge in [0.25, 0.3) is 0 Å². The van der Waals surface area contributed by atoms with Crippen LogP contribution in [0.3, 0.4) is 0 Å². The third kappa shape index (κ3) is 4.38. The van der Waals surface area contributed by atoms with E-state index in [9.17, 15) is 4.79 Å². The molecule has 0 saturated carbocycles. The van der Waals surface area contributed by atoms with Gasteiger partial charge in [-0.2, -0.15) is 0 Å². The highest BCUT2D eigenvalue weighted by Crippen LogP contribution is 2.39. The molecule has 0 bridgehead atoms. The Balaban J connectivity index is 1.42. The molecular weight excluding hydrogens is 412 g/mol. The van der Waals surface area contributed by atoms with E-state index in [0.717, 1.165) is 37.4 Å². The van der Waals surface area contributed by atoms with Crippen molar-refractivity contribution in [3.63, 3.8) is 0 Å². The molecule has 2 aromatic carbocycles. The third-order valence-electron chi connectivity index (χ3n) is 6.85. The van der Waals surface area contributed by atoms with Gasteiger partial charge in [-0.3, -0.25) is 9.78 Å². The van der Waals surface area contributed by atoms with Crippen LogP contribution in [0.25, 0.3) is 0 Å². The largest absolute Gasteiger partial charge is 0.497 e. The molecule has 6 nitrogen and oxygen atoms in total. The summed E-state index contributed by atoms with van der Waals surface area (Å²) < 4.78 is 5.50. The molecule has 1 aromatic heterocycles. The maximum Gasteiger partial charge on any atom is 0.225 e. The molecule has 1 saturated heterocycles. The summed E-state index contributed by atoms with van der Waals surface area (Å²) in [6, 6.07) is 18.9. The Morgan fingerprint density at radius 2 is 2.00 bits per heavy atom. The Kier molecular flexibility index (Phi) is 5.90. The molecule has 0 radical (unpaired) electrons. The average molecular weight is 443 g/mol. The van der Waals surface area contributed by atoms with Gasteiger partial charge in [-0.25, -0.2) is 0 Å². The van der Waals surface area contributed by atoms with E-state index in [2.05, 4.69) is 63.4 Å². The van der Waals surface area contributed by atoms with Crippen LogP contribution in [0.2, 0.25) is 0 Å². The molecule has 3 aromatic rings. The minimum atomic E-state index is -0.129. The number of rotatable bonds is 5. The number of anilines is 2. The summed E-state index contributed by atoms with van der Waals surface area (Å²) in [5, 5.41) is 3.17. The normalized spacial score (nSPS) is 19.5. The van der Waals surface area contributed by atoms with E-state index in [4.69, 9.17) is 4.74 Å². The number of carbonyl (C=O) groups is 1. The van der Waals surface area contributed by atoms with E-state index in [1.165, 1.54) is 22.5 Å². The smallest absolute Gasteiger partial charge is 0.225 e. The maximum atomic E-state index is 13.4. The number of ether oxygens (including phenoxy) is 1. The molecule has 3 heterocycles. The van der Waals surface area contributed by atoms with Crippen molar-refractivity contribution in [2.45, 2.75) is 25.9 Å². The number of hydrogen-bond donors (Lipinski definition) is 1. The van der Waals surface area contributed by atoms with Crippen molar-refractivity contribution in [3.8, 4) is 5.75 Å². The first-order valence-electron chi connectivity index (χ1n) is 11.5. The van der Waals surface area contributed by atoms with Crippen molar-refractivity contribution < 1.29 is 9.53 Å². The highest BCUT2D eigenvalue weighted by atomic mass is 16.5. The second kappa shape index (κ2) is 9.14. The molecule has 5 rings (SSSR count). The molecule has 1 N–H and O–H groups in total. The Bertz CT molecular complexity index is 1120. The lowest BCUT2D eigenvalue weighted by molar-refractivity contribution is -0.126. The lowest BCUT2D eigenvalue weighted by Gasteiger charge is -2.49. The second-order valence-corrected chi connectivity index (χ2v) is 8.93. The Morgan fingerprint density at radius 1 is 1.15 bits per heavy atom. The van der Waals surface area contributed by atoms with Crippen molar-refractivity contribution in [2.24, 2.45) is 5.92 Å². The summed E-state index contributed by atoms with van der Waals surface area (Å²) in [5.74, 6) is 0.824. The van der Waals surface area contributed by atoms with Crippen molar-refractivity contribution in [2.75, 3.05) is 36.5 Å². The first-order valence-corrected chi connectivity index (χ1v) is 11.5. The van der Waals surface area contributed by atoms with Gasteiger partial charge in [0.2, 0.25) is 5.91 Å². The second-order valence-electron chi connectivity index (χ2n) is 8.93. The highest BCUT2D eigenvalue weighted by molar-refractivity contribution is 5.82. The number of nitrogens with zero attached hydrogens (tertiary/aromatic N) is 3. The van der Waals surface area contributed by atoms with Crippen molar-refractivity contribution in [1.29, 1.82) is 0 Å². The predicted molar refractivity (Wildman–Crippen MR) is 131 cm³/mol. The van der Waals surface area contributed by atoms with E-state index in [1.807, 2.05) is 18.2 Å². The van der Waals surface area contributed by atoms with Gasteiger partial charge in [0, 0.05) is 56.0 Å². The van der Waals surface area contributed by atoms with Crippen LogP contribution < -0.4 is 19.9 Å². The summed E-state index contributed by atoms with van der Waals surface area (Å²) >= 11 is 0. The lowest BCUT2D eigenvalue weighted by Crippen LogP contribution is -2.61. The van der Waals surface area contributed by atoms with Crippen LogP contribution in [-0.2, 0) is 17.8 Å². The topological polar surface area (TPSA) is 57.7 Å². The summed E-state index contributed by atoms with van der Waals surface area (Å²) in [6.07, 6.45) is 4.27. The first-order chi connectivity index (χ1) is 16.1. The van der Waals surface area contributed by atoms with Crippen LogP contribution >= 0.6 is 0 Å². The van der Waals surface area contributed by atoms with E-state index in [-0.39, 0.29) is 17.9 Å². The molecule has 6 heteroatoms. The molecule has 0 unspecified atom stereocenters. The average Bonchev–Trinajstić information content (AvgIpc) is 2.87. The number of piperazine rings is 1. The van der Waals surface area contributed by atoms with E-state index in [1.54, 1.807) is 19.5 Å². The van der Waals surface area contributed by atoms with Gasteiger partial charge in [-0.1, -0.05) is 29.8 Å². The highest BCUT2D eigenvalue weighted by Gasteiger charge is 2.41. The molecule has 2 atom stereocenters.